The van der Waals surface area contributed by atoms with E-state index in [9.17, 15) is 14.4 Å². The van der Waals surface area contributed by atoms with Gasteiger partial charge in [-0.3, -0.25) is 14.4 Å². The zero-order valence-corrected chi connectivity index (χ0v) is 17.0. The van der Waals surface area contributed by atoms with E-state index in [1.807, 2.05) is 0 Å². The molecule has 0 radical (unpaired) electrons. The van der Waals surface area contributed by atoms with Gasteiger partial charge in [-0.05, 0) is 49.2 Å². The number of aromatic nitrogens is 1. The van der Waals surface area contributed by atoms with Crippen molar-refractivity contribution in [2.75, 3.05) is 19.0 Å². The van der Waals surface area contributed by atoms with Crippen LogP contribution in [-0.4, -0.2) is 41.7 Å². The predicted octanol–water partition coefficient (Wildman–Crippen LogP) is 3.27. The van der Waals surface area contributed by atoms with Gasteiger partial charge in [-0.25, -0.2) is 4.98 Å². The Bertz CT molecular complexity index is 880. The molecule has 1 saturated carbocycles. The summed E-state index contributed by atoms with van der Waals surface area (Å²) in [6, 6.07) is 9.98. The number of nitrogens with zero attached hydrogens (tertiary/aromatic N) is 1. The van der Waals surface area contributed by atoms with Crippen molar-refractivity contribution in [3.05, 3.63) is 53.7 Å². The van der Waals surface area contributed by atoms with Crippen molar-refractivity contribution in [3.63, 3.8) is 0 Å². The molecule has 1 fully saturated rings. The van der Waals surface area contributed by atoms with Crippen molar-refractivity contribution in [2.45, 2.75) is 36.0 Å². The molecule has 8 heteroatoms. The molecule has 0 aliphatic heterocycles. The summed E-state index contributed by atoms with van der Waals surface area (Å²) in [4.78, 5) is 40.3. The van der Waals surface area contributed by atoms with Gasteiger partial charge in [-0.2, -0.15) is 0 Å². The highest BCUT2D eigenvalue weighted by Gasteiger charge is 2.20. The predicted molar refractivity (Wildman–Crippen MR) is 111 cm³/mol. The lowest BCUT2D eigenvalue weighted by atomic mass is 10.2. The molecule has 2 N–H and O–H groups in total. The summed E-state index contributed by atoms with van der Waals surface area (Å²) < 4.78 is 4.48. The Kier molecular flexibility index (Phi) is 7.24. The van der Waals surface area contributed by atoms with Crippen LogP contribution in [-0.2, 0) is 9.53 Å². The van der Waals surface area contributed by atoms with Crippen LogP contribution in [0.1, 0.15) is 46.4 Å². The van der Waals surface area contributed by atoms with E-state index in [0.717, 1.165) is 17.9 Å². The van der Waals surface area contributed by atoms with Crippen molar-refractivity contribution in [2.24, 2.45) is 0 Å². The van der Waals surface area contributed by atoms with Crippen molar-refractivity contribution in [1.29, 1.82) is 0 Å². The molecule has 152 valence electrons. The second-order valence-electron chi connectivity index (χ2n) is 6.67. The van der Waals surface area contributed by atoms with E-state index in [2.05, 4.69) is 20.4 Å². The van der Waals surface area contributed by atoms with Gasteiger partial charge in [0, 0.05) is 22.7 Å². The lowest BCUT2D eigenvalue weighted by molar-refractivity contribution is -0.139. The summed E-state index contributed by atoms with van der Waals surface area (Å²) in [5.74, 6) is -1.15. The molecular formula is C21H23N3O4S. The molecule has 1 aliphatic rings. The number of hydrogen-bond donors (Lipinski definition) is 2. The summed E-state index contributed by atoms with van der Waals surface area (Å²) in [5.41, 5.74) is 1.50. The highest BCUT2D eigenvalue weighted by molar-refractivity contribution is 7.99. The quantitative estimate of drug-likeness (QED) is 0.676. The first-order valence-electron chi connectivity index (χ1n) is 9.45. The maximum atomic E-state index is 12.7. The van der Waals surface area contributed by atoms with Crippen LogP contribution >= 0.6 is 11.8 Å². The van der Waals surface area contributed by atoms with Crippen molar-refractivity contribution in [3.8, 4) is 0 Å². The Balaban J connectivity index is 1.62. The number of thioether (sulfide) groups is 1. The van der Waals surface area contributed by atoms with Gasteiger partial charge in [0.1, 0.15) is 11.6 Å². The first-order chi connectivity index (χ1) is 14.1. The standard InChI is InChI=1S/C21H23N3O4S/c1-28-18(25)13-23-19(26)14-8-10-15(11-9-14)24-20(27)17-7-4-12-22-21(17)29-16-5-2-3-6-16/h4,7-12,16H,2-3,5-6,13H2,1H3,(H,23,26)(H,24,27). The largest absolute Gasteiger partial charge is 0.468 e. The minimum Gasteiger partial charge on any atom is -0.468 e. The molecule has 0 atom stereocenters. The zero-order chi connectivity index (χ0) is 20.6. The molecule has 29 heavy (non-hydrogen) atoms. The Morgan fingerprint density at radius 2 is 1.83 bits per heavy atom. The number of carbonyl (C=O) groups excluding carboxylic acids is 3. The molecule has 0 saturated heterocycles. The molecule has 0 spiro atoms. The lowest BCUT2D eigenvalue weighted by Gasteiger charge is -2.12. The molecule has 2 aromatic rings. The lowest BCUT2D eigenvalue weighted by Crippen LogP contribution is -2.30. The number of amides is 2. The van der Waals surface area contributed by atoms with E-state index in [1.165, 1.54) is 20.0 Å². The Hall–Kier alpha value is -2.87. The normalized spacial score (nSPS) is 13.7. The van der Waals surface area contributed by atoms with Crippen molar-refractivity contribution >= 4 is 35.2 Å². The Morgan fingerprint density at radius 3 is 2.52 bits per heavy atom. The number of esters is 1. The van der Waals surface area contributed by atoms with E-state index < -0.39 is 11.9 Å². The van der Waals surface area contributed by atoms with Gasteiger partial charge in [-0.15, -0.1) is 11.8 Å². The van der Waals surface area contributed by atoms with Crippen LogP contribution in [0.25, 0.3) is 0 Å². The van der Waals surface area contributed by atoms with E-state index in [1.54, 1.807) is 54.4 Å². The molecule has 1 heterocycles. The van der Waals surface area contributed by atoms with Gasteiger partial charge in [0.25, 0.3) is 11.8 Å². The molecule has 1 aromatic carbocycles. The van der Waals surface area contributed by atoms with E-state index in [-0.39, 0.29) is 12.5 Å². The molecule has 1 aromatic heterocycles. The average molecular weight is 413 g/mol. The van der Waals surface area contributed by atoms with Gasteiger partial charge in [0.2, 0.25) is 0 Å². The van der Waals surface area contributed by atoms with Crippen LogP contribution in [0.2, 0.25) is 0 Å². The Morgan fingerprint density at radius 1 is 1.10 bits per heavy atom. The van der Waals surface area contributed by atoms with Crippen LogP contribution in [0.5, 0.6) is 0 Å². The summed E-state index contributed by atoms with van der Waals surface area (Å²) in [7, 11) is 1.26. The van der Waals surface area contributed by atoms with Crippen molar-refractivity contribution in [1.82, 2.24) is 10.3 Å². The summed E-state index contributed by atoms with van der Waals surface area (Å²) >= 11 is 1.67. The van der Waals surface area contributed by atoms with Crippen LogP contribution in [0.4, 0.5) is 5.69 Å². The fourth-order valence-electron chi connectivity index (χ4n) is 3.05. The van der Waals surface area contributed by atoms with Crippen molar-refractivity contribution < 1.29 is 19.1 Å². The molecule has 0 bridgehead atoms. The molecule has 2 amide bonds. The minimum absolute atomic E-state index is 0.198. The summed E-state index contributed by atoms with van der Waals surface area (Å²) in [6.07, 6.45) is 6.47. The molecular weight excluding hydrogens is 390 g/mol. The highest BCUT2D eigenvalue weighted by atomic mass is 32.2. The second kappa shape index (κ2) is 10.1. The molecule has 1 aliphatic carbocycles. The SMILES string of the molecule is COC(=O)CNC(=O)c1ccc(NC(=O)c2cccnc2SC2CCCC2)cc1. The van der Waals surface area contributed by atoms with Crippen LogP contribution in [0.3, 0.4) is 0 Å². The number of hydrogen-bond acceptors (Lipinski definition) is 6. The average Bonchev–Trinajstić information content (AvgIpc) is 3.25. The van der Waals surface area contributed by atoms with E-state index in [0.29, 0.717) is 22.1 Å². The fourth-order valence-corrected chi connectivity index (χ4v) is 4.35. The number of ether oxygens (including phenoxy) is 1. The number of pyridine rings is 1. The number of anilines is 1. The second-order valence-corrected chi connectivity index (χ2v) is 7.96. The monoisotopic (exact) mass is 413 g/mol. The first-order valence-corrected chi connectivity index (χ1v) is 10.3. The smallest absolute Gasteiger partial charge is 0.325 e. The third-order valence-electron chi connectivity index (χ3n) is 4.62. The topological polar surface area (TPSA) is 97.4 Å². The molecule has 7 nitrogen and oxygen atoms in total. The molecule has 0 unspecified atom stereocenters. The van der Waals surface area contributed by atoms with Crippen LogP contribution < -0.4 is 10.6 Å². The van der Waals surface area contributed by atoms with Gasteiger partial charge in [0.05, 0.1) is 12.7 Å². The first kappa shape index (κ1) is 20.9. The number of rotatable bonds is 7. The van der Waals surface area contributed by atoms with Crippen LogP contribution in [0, 0.1) is 0 Å². The number of nitrogens with one attached hydrogen (secondary N) is 2. The van der Waals surface area contributed by atoms with E-state index in [4.69, 9.17) is 0 Å². The summed E-state index contributed by atoms with van der Waals surface area (Å²) in [5, 5.41) is 6.58. The fraction of sp³-hybridized carbons (Fsp3) is 0.333. The number of methoxy groups -OCH3 is 1. The maximum absolute atomic E-state index is 12.7. The zero-order valence-electron chi connectivity index (χ0n) is 16.1. The van der Waals surface area contributed by atoms with E-state index >= 15 is 0 Å². The number of benzene rings is 1. The van der Waals surface area contributed by atoms with Gasteiger partial charge < -0.3 is 15.4 Å². The third-order valence-corrected chi connectivity index (χ3v) is 5.98. The minimum atomic E-state index is -0.523. The highest BCUT2D eigenvalue weighted by Crippen LogP contribution is 2.35. The van der Waals surface area contributed by atoms with Gasteiger partial charge >= 0.3 is 5.97 Å². The third kappa shape index (κ3) is 5.80. The maximum Gasteiger partial charge on any atom is 0.325 e. The van der Waals surface area contributed by atoms with Gasteiger partial charge in [-0.1, -0.05) is 12.8 Å². The Labute approximate surface area is 173 Å². The molecule has 3 rings (SSSR count). The van der Waals surface area contributed by atoms with Gasteiger partial charge in [0.15, 0.2) is 0 Å². The van der Waals surface area contributed by atoms with Crippen LogP contribution in [0.15, 0.2) is 47.6 Å². The number of carbonyl (C=O) groups is 3. The summed E-state index contributed by atoms with van der Waals surface area (Å²) in [6.45, 7) is -0.198.